The number of aromatic carboxylic acids is 1. The molecule has 0 aliphatic heterocycles. The van der Waals surface area contributed by atoms with Gasteiger partial charge in [-0.15, -0.1) is 0 Å². The highest BCUT2D eigenvalue weighted by Crippen LogP contribution is 2.25. The van der Waals surface area contributed by atoms with Crippen LogP contribution in [0.3, 0.4) is 0 Å². The van der Waals surface area contributed by atoms with Gasteiger partial charge in [-0.3, -0.25) is 4.68 Å². The fourth-order valence-electron chi connectivity index (χ4n) is 1.34. The van der Waals surface area contributed by atoms with E-state index in [1.165, 1.54) is 16.9 Å². The van der Waals surface area contributed by atoms with Crippen LogP contribution in [0.5, 0.6) is 11.5 Å². The molecule has 0 aliphatic carbocycles. The fraction of sp³-hybridized carbons (Fsp3) is 0.0909. The van der Waals surface area contributed by atoms with Crippen molar-refractivity contribution in [2.45, 2.75) is 0 Å². The first-order chi connectivity index (χ1) is 8.06. The lowest BCUT2D eigenvalue weighted by Crippen LogP contribution is -2.00. The average molecular weight is 236 g/mol. The van der Waals surface area contributed by atoms with Crippen LogP contribution >= 0.6 is 0 Å². The molecular formula is C11H9FN2O3. The largest absolute Gasteiger partial charge is 0.478 e. The van der Waals surface area contributed by atoms with Crippen molar-refractivity contribution < 1.29 is 19.0 Å². The summed E-state index contributed by atoms with van der Waals surface area (Å²) in [7, 11) is 1.70. The van der Waals surface area contributed by atoms with Gasteiger partial charge in [0.05, 0.1) is 12.4 Å². The summed E-state index contributed by atoms with van der Waals surface area (Å²) in [5.74, 6) is -1.40. The number of halogens is 1. The van der Waals surface area contributed by atoms with Crippen molar-refractivity contribution in [1.82, 2.24) is 9.78 Å². The lowest BCUT2D eigenvalue weighted by molar-refractivity contribution is 0.0693. The van der Waals surface area contributed by atoms with Gasteiger partial charge in [0.25, 0.3) is 0 Å². The van der Waals surface area contributed by atoms with Crippen molar-refractivity contribution >= 4 is 5.97 Å². The predicted molar refractivity (Wildman–Crippen MR) is 56.6 cm³/mol. The van der Waals surface area contributed by atoms with E-state index in [-0.39, 0.29) is 11.3 Å². The molecule has 1 N–H and O–H groups in total. The summed E-state index contributed by atoms with van der Waals surface area (Å²) in [5, 5.41) is 12.8. The zero-order chi connectivity index (χ0) is 12.4. The molecule has 0 spiro atoms. The Morgan fingerprint density at radius 1 is 1.53 bits per heavy atom. The van der Waals surface area contributed by atoms with Crippen LogP contribution in [-0.2, 0) is 7.05 Å². The number of nitrogens with zero attached hydrogens (tertiary/aromatic N) is 2. The third kappa shape index (κ3) is 2.41. The Hall–Kier alpha value is -2.37. The van der Waals surface area contributed by atoms with Gasteiger partial charge in [0, 0.05) is 7.05 Å². The summed E-state index contributed by atoms with van der Waals surface area (Å²) < 4.78 is 19.7. The highest BCUT2D eigenvalue weighted by Gasteiger charge is 2.13. The number of ether oxygens (including phenoxy) is 1. The highest BCUT2D eigenvalue weighted by molar-refractivity contribution is 5.91. The van der Waals surface area contributed by atoms with E-state index in [2.05, 4.69) is 5.10 Å². The minimum atomic E-state index is -1.25. The number of aromatic nitrogens is 2. The Balaban J connectivity index is 2.35. The van der Waals surface area contributed by atoms with Gasteiger partial charge in [-0.25, -0.2) is 9.18 Å². The fourth-order valence-corrected chi connectivity index (χ4v) is 1.34. The first-order valence-corrected chi connectivity index (χ1v) is 4.75. The number of aryl methyl sites for hydroxylation is 1. The van der Waals surface area contributed by atoms with Crippen LogP contribution in [0.2, 0.25) is 0 Å². The third-order valence-corrected chi connectivity index (χ3v) is 2.08. The topological polar surface area (TPSA) is 64.3 Å². The van der Waals surface area contributed by atoms with Gasteiger partial charge in [0.2, 0.25) is 0 Å². The molecule has 5 nitrogen and oxygen atoms in total. The summed E-state index contributed by atoms with van der Waals surface area (Å²) in [6, 6.07) is 3.32. The van der Waals surface area contributed by atoms with Crippen molar-refractivity contribution in [2.75, 3.05) is 0 Å². The van der Waals surface area contributed by atoms with Crippen LogP contribution in [0.4, 0.5) is 4.39 Å². The zero-order valence-electron chi connectivity index (χ0n) is 8.92. The molecule has 17 heavy (non-hydrogen) atoms. The molecule has 0 saturated heterocycles. The standard InChI is InChI=1S/C11H9FN2O3/c1-14-6-8(5-13-14)17-10-3-2-7(12)4-9(10)11(15)16/h2-6H,1H3,(H,15,16). The van der Waals surface area contributed by atoms with Crippen LogP contribution in [0.15, 0.2) is 30.6 Å². The molecular weight excluding hydrogens is 227 g/mol. The quantitative estimate of drug-likeness (QED) is 0.885. The summed E-state index contributed by atoms with van der Waals surface area (Å²) in [6.45, 7) is 0. The van der Waals surface area contributed by atoms with Gasteiger partial charge in [-0.1, -0.05) is 0 Å². The van der Waals surface area contributed by atoms with Crippen molar-refractivity contribution in [1.29, 1.82) is 0 Å². The highest BCUT2D eigenvalue weighted by atomic mass is 19.1. The van der Waals surface area contributed by atoms with E-state index in [4.69, 9.17) is 9.84 Å². The van der Waals surface area contributed by atoms with Gasteiger partial charge in [0.1, 0.15) is 17.1 Å². The molecule has 0 saturated carbocycles. The van der Waals surface area contributed by atoms with E-state index in [0.29, 0.717) is 5.75 Å². The molecule has 0 aliphatic rings. The van der Waals surface area contributed by atoms with Crippen LogP contribution in [0.1, 0.15) is 10.4 Å². The Bertz CT molecular complexity index is 566. The molecule has 0 radical (unpaired) electrons. The molecule has 0 atom stereocenters. The van der Waals surface area contributed by atoms with E-state index in [1.54, 1.807) is 13.2 Å². The number of carboxylic acids is 1. The average Bonchev–Trinajstić information content (AvgIpc) is 2.66. The monoisotopic (exact) mass is 236 g/mol. The van der Waals surface area contributed by atoms with Gasteiger partial charge < -0.3 is 9.84 Å². The Morgan fingerprint density at radius 2 is 2.29 bits per heavy atom. The first kappa shape index (κ1) is 11.1. The molecule has 1 aromatic heterocycles. The zero-order valence-corrected chi connectivity index (χ0v) is 8.92. The summed E-state index contributed by atoms with van der Waals surface area (Å²) >= 11 is 0. The van der Waals surface area contributed by atoms with Crippen molar-refractivity contribution in [3.05, 3.63) is 42.0 Å². The van der Waals surface area contributed by atoms with Crippen molar-refractivity contribution in [2.24, 2.45) is 7.05 Å². The number of carbonyl (C=O) groups is 1. The predicted octanol–water partition coefficient (Wildman–Crippen LogP) is 2.05. The molecule has 2 rings (SSSR count). The van der Waals surface area contributed by atoms with Gasteiger partial charge in [0.15, 0.2) is 5.75 Å². The van der Waals surface area contributed by atoms with Crippen molar-refractivity contribution in [3.8, 4) is 11.5 Å². The van der Waals surface area contributed by atoms with E-state index in [1.807, 2.05) is 0 Å². The lowest BCUT2D eigenvalue weighted by atomic mass is 10.2. The molecule has 1 aromatic carbocycles. The summed E-state index contributed by atoms with van der Waals surface area (Å²) in [4.78, 5) is 10.9. The molecule has 2 aromatic rings. The van der Waals surface area contributed by atoms with Crippen LogP contribution < -0.4 is 4.74 Å². The van der Waals surface area contributed by atoms with E-state index >= 15 is 0 Å². The molecule has 0 amide bonds. The second-order valence-corrected chi connectivity index (χ2v) is 3.40. The van der Waals surface area contributed by atoms with Crippen LogP contribution in [0.25, 0.3) is 0 Å². The van der Waals surface area contributed by atoms with Gasteiger partial charge in [-0.05, 0) is 18.2 Å². The van der Waals surface area contributed by atoms with E-state index < -0.39 is 11.8 Å². The molecule has 1 heterocycles. The number of hydrogen-bond donors (Lipinski definition) is 1. The molecule has 0 unspecified atom stereocenters. The Labute approximate surface area is 96.1 Å². The molecule has 0 bridgehead atoms. The van der Waals surface area contributed by atoms with E-state index in [9.17, 15) is 9.18 Å². The first-order valence-electron chi connectivity index (χ1n) is 4.75. The number of carboxylic acid groups (broad SMARTS) is 1. The Kier molecular flexibility index (Phi) is 2.78. The maximum atomic E-state index is 12.9. The lowest BCUT2D eigenvalue weighted by Gasteiger charge is -2.06. The SMILES string of the molecule is Cn1cc(Oc2ccc(F)cc2C(=O)O)cn1. The van der Waals surface area contributed by atoms with Gasteiger partial charge >= 0.3 is 5.97 Å². The maximum absolute atomic E-state index is 12.9. The normalized spacial score (nSPS) is 10.2. The summed E-state index contributed by atoms with van der Waals surface area (Å²) in [5.41, 5.74) is -0.228. The third-order valence-electron chi connectivity index (χ3n) is 2.08. The maximum Gasteiger partial charge on any atom is 0.339 e. The Morgan fingerprint density at radius 3 is 2.88 bits per heavy atom. The molecule has 0 fully saturated rings. The van der Waals surface area contributed by atoms with Crippen LogP contribution in [-0.4, -0.2) is 20.9 Å². The number of rotatable bonds is 3. The minimum Gasteiger partial charge on any atom is -0.478 e. The minimum absolute atomic E-state index is 0.0758. The number of hydrogen-bond acceptors (Lipinski definition) is 3. The van der Waals surface area contributed by atoms with Gasteiger partial charge in [-0.2, -0.15) is 5.10 Å². The smallest absolute Gasteiger partial charge is 0.339 e. The second kappa shape index (κ2) is 4.25. The molecule has 6 heteroatoms. The molecule has 88 valence electrons. The number of benzene rings is 1. The van der Waals surface area contributed by atoms with Crippen LogP contribution in [0, 0.1) is 5.82 Å². The van der Waals surface area contributed by atoms with Crippen molar-refractivity contribution in [3.63, 3.8) is 0 Å². The summed E-state index contributed by atoms with van der Waals surface area (Å²) in [6.07, 6.45) is 3.02. The second-order valence-electron chi connectivity index (χ2n) is 3.40. The van der Waals surface area contributed by atoms with E-state index in [0.717, 1.165) is 12.1 Å².